The number of halogens is 1. The van der Waals surface area contributed by atoms with E-state index in [9.17, 15) is 4.79 Å². The van der Waals surface area contributed by atoms with E-state index in [1.165, 1.54) is 22.2 Å². The lowest BCUT2D eigenvalue weighted by molar-refractivity contribution is 0.0918. The molecule has 4 rings (SSSR count). The largest absolute Gasteiger partial charge is 0.469 e. The third-order valence-electron chi connectivity index (χ3n) is 5.77. The van der Waals surface area contributed by atoms with Crippen LogP contribution in [-0.2, 0) is 12.8 Å². The maximum atomic E-state index is 12.6. The molecule has 2 aromatic heterocycles. The van der Waals surface area contributed by atoms with Crippen LogP contribution in [0.5, 0.6) is 5.88 Å². The highest BCUT2D eigenvalue weighted by atomic mass is 35.5. The van der Waals surface area contributed by atoms with Gasteiger partial charge in [-0.3, -0.25) is 4.79 Å². The first-order chi connectivity index (χ1) is 14.3. The molecule has 1 unspecified atom stereocenters. The van der Waals surface area contributed by atoms with Crippen molar-refractivity contribution in [3.05, 3.63) is 45.3 Å². The van der Waals surface area contributed by atoms with Crippen molar-refractivity contribution in [3.8, 4) is 5.88 Å². The maximum absolute atomic E-state index is 12.6. The fourth-order valence-electron chi connectivity index (χ4n) is 3.91. The number of aromatic nitrogens is 2. The summed E-state index contributed by atoms with van der Waals surface area (Å²) in [5, 5.41) is 2.26. The van der Waals surface area contributed by atoms with Crippen molar-refractivity contribution in [2.75, 3.05) is 12.9 Å². The smallest absolute Gasteiger partial charge is 0.227 e. The predicted octanol–water partition coefficient (Wildman–Crippen LogP) is 6.48. The summed E-state index contributed by atoms with van der Waals surface area (Å²) in [5.74, 6) is 1.08. The van der Waals surface area contributed by atoms with Gasteiger partial charge >= 0.3 is 0 Å². The quantitative estimate of drug-likeness (QED) is 0.248. The first-order valence-electron chi connectivity index (χ1n) is 10.0. The molecule has 158 valence electrons. The minimum absolute atomic E-state index is 0.0587. The summed E-state index contributed by atoms with van der Waals surface area (Å²) in [4.78, 5) is 24.3. The van der Waals surface area contributed by atoms with Crippen molar-refractivity contribution in [2.24, 2.45) is 11.3 Å². The third-order valence-corrected chi connectivity index (χ3v) is 7.72. The van der Waals surface area contributed by atoms with Gasteiger partial charge in [0.05, 0.1) is 5.39 Å². The Kier molecular flexibility index (Phi) is 6.11. The molecule has 1 aliphatic rings. The first kappa shape index (κ1) is 21.6. The second kappa shape index (κ2) is 8.48. The number of aryl methyl sites for hydroxylation is 1. The number of carbonyl (C=O) groups is 1. The fourth-order valence-corrected chi connectivity index (χ4v) is 5.74. The van der Waals surface area contributed by atoms with E-state index in [1.54, 1.807) is 35.6 Å². The number of hydrogen-bond acceptors (Lipinski definition) is 6. The van der Waals surface area contributed by atoms with Crippen molar-refractivity contribution in [1.82, 2.24) is 9.97 Å². The summed E-state index contributed by atoms with van der Waals surface area (Å²) in [5.41, 5.74) is 2.17. The van der Waals surface area contributed by atoms with Crippen LogP contribution >= 0.6 is 34.7 Å². The van der Waals surface area contributed by atoms with E-state index in [4.69, 9.17) is 21.3 Å². The highest BCUT2D eigenvalue weighted by Gasteiger charge is 2.32. The van der Waals surface area contributed by atoms with Crippen LogP contribution in [0.3, 0.4) is 0 Å². The van der Waals surface area contributed by atoms with Crippen molar-refractivity contribution in [1.29, 1.82) is 0 Å². The second-order valence-electron chi connectivity index (χ2n) is 8.72. The molecule has 3 aromatic rings. The van der Waals surface area contributed by atoms with Crippen LogP contribution in [0.2, 0.25) is 5.02 Å². The molecule has 0 radical (unpaired) electrons. The molecule has 2 heterocycles. The van der Waals surface area contributed by atoms with Gasteiger partial charge in [0.1, 0.15) is 4.83 Å². The molecular formula is C23H25ClN2O2S2. The lowest BCUT2D eigenvalue weighted by Crippen LogP contribution is -2.26. The molecule has 0 bridgehead atoms. The molecule has 0 amide bonds. The van der Waals surface area contributed by atoms with E-state index in [0.717, 1.165) is 29.5 Å². The molecular weight excluding hydrogens is 436 g/mol. The SMILES string of the molecule is CSc1nc(OCC(=O)c2ccc(Cl)cc2)c2c3c(sc2n1)CC(C(C)(C)C)CC3. The van der Waals surface area contributed by atoms with Crippen LogP contribution < -0.4 is 4.74 Å². The molecule has 0 saturated carbocycles. The molecule has 1 aliphatic carbocycles. The molecule has 0 N–H and O–H groups in total. The van der Waals surface area contributed by atoms with Crippen LogP contribution in [-0.4, -0.2) is 28.6 Å². The van der Waals surface area contributed by atoms with E-state index in [-0.39, 0.29) is 17.8 Å². The number of thioether (sulfide) groups is 1. The number of rotatable bonds is 5. The zero-order valence-electron chi connectivity index (χ0n) is 17.6. The Morgan fingerprint density at radius 1 is 1.27 bits per heavy atom. The van der Waals surface area contributed by atoms with Crippen molar-refractivity contribution < 1.29 is 9.53 Å². The number of nitrogens with zero attached hydrogens (tertiary/aromatic N) is 2. The molecule has 0 spiro atoms. The summed E-state index contributed by atoms with van der Waals surface area (Å²) in [6.45, 7) is 6.90. The summed E-state index contributed by atoms with van der Waals surface area (Å²) in [6.07, 6.45) is 5.17. The van der Waals surface area contributed by atoms with Gasteiger partial charge in [0, 0.05) is 15.5 Å². The average molecular weight is 461 g/mol. The number of benzene rings is 1. The number of thiophene rings is 1. The fraction of sp³-hybridized carbons (Fsp3) is 0.435. The molecule has 30 heavy (non-hydrogen) atoms. The molecule has 4 nitrogen and oxygen atoms in total. The number of Topliss-reactive ketones (excluding diaryl/α,β-unsaturated/α-hetero) is 1. The van der Waals surface area contributed by atoms with Crippen LogP contribution in [0.25, 0.3) is 10.2 Å². The minimum atomic E-state index is -0.0963. The molecule has 0 fully saturated rings. The van der Waals surface area contributed by atoms with Gasteiger partial charge in [-0.1, -0.05) is 44.1 Å². The summed E-state index contributed by atoms with van der Waals surface area (Å²) in [6, 6.07) is 6.86. The Bertz CT molecular complexity index is 1090. The van der Waals surface area contributed by atoms with E-state index in [1.807, 2.05) is 6.26 Å². The zero-order valence-corrected chi connectivity index (χ0v) is 20.0. The van der Waals surface area contributed by atoms with Crippen molar-refractivity contribution in [2.45, 2.75) is 45.2 Å². The topological polar surface area (TPSA) is 52.1 Å². The van der Waals surface area contributed by atoms with Crippen LogP contribution in [0.15, 0.2) is 29.4 Å². The Morgan fingerprint density at radius 3 is 2.67 bits per heavy atom. The van der Waals surface area contributed by atoms with E-state index >= 15 is 0 Å². The standard InChI is InChI=1S/C23H25ClN2O2S2/c1-23(2,3)14-7-10-16-18(11-14)30-21-19(16)20(25-22(26-21)29-4)28-12-17(27)13-5-8-15(24)9-6-13/h5-6,8-9,14H,7,10-12H2,1-4H3. The molecule has 1 aromatic carbocycles. The Labute approximate surface area is 190 Å². The zero-order chi connectivity index (χ0) is 21.5. The Hall–Kier alpha value is -1.63. The minimum Gasteiger partial charge on any atom is -0.469 e. The van der Waals surface area contributed by atoms with Crippen molar-refractivity contribution in [3.63, 3.8) is 0 Å². The van der Waals surface area contributed by atoms with Crippen LogP contribution in [0.1, 0.15) is 48.0 Å². The predicted molar refractivity (Wildman–Crippen MR) is 125 cm³/mol. The molecule has 0 aliphatic heterocycles. The first-order valence-corrected chi connectivity index (χ1v) is 12.5. The van der Waals surface area contributed by atoms with Gasteiger partial charge < -0.3 is 4.74 Å². The highest BCUT2D eigenvalue weighted by molar-refractivity contribution is 7.98. The molecule has 1 atom stereocenters. The van der Waals surface area contributed by atoms with Gasteiger partial charge in [-0.2, -0.15) is 4.98 Å². The lowest BCUT2D eigenvalue weighted by atomic mass is 9.72. The summed E-state index contributed by atoms with van der Waals surface area (Å²) in [7, 11) is 0. The number of carbonyl (C=O) groups excluding carboxylic acids is 1. The van der Waals surface area contributed by atoms with Gasteiger partial charge in [0.25, 0.3) is 0 Å². The number of fused-ring (bicyclic) bond motifs is 3. The van der Waals surface area contributed by atoms with Crippen LogP contribution in [0.4, 0.5) is 0 Å². The van der Waals surface area contributed by atoms with Crippen LogP contribution in [0, 0.1) is 11.3 Å². The van der Waals surface area contributed by atoms with Gasteiger partial charge in [-0.05, 0) is 66.7 Å². The molecule has 7 heteroatoms. The number of ether oxygens (including phenoxy) is 1. The average Bonchev–Trinajstić information content (AvgIpc) is 3.09. The number of hydrogen-bond donors (Lipinski definition) is 0. The van der Waals surface area contributed by atoms with E-state index in [2.05, 4.69) is 25.8 Å². The van der Waals surface area contributed by atoms with E-state index < -0.39 is 0 Å². The van der Waals surface area contributed by atoms with Gasteiger partial charge in [-0.15, -0.1) is 11.3 Å². The number of ketones is 1. The summed E-state index contributed by atoms with van der Waals surface area (Å²) >= 11 is 9.16. The Balaban J connectivity index is 1.65. The maximum Gasteiger partial charge on any atom is 0.227 e. The van der Waals surface area contributed by atoms with Gasteiger partial charge in [0.15, 0.2) is 17.5 Å². The highest BCUT2D eigenvalue weighted by Crippen LogP contribution is 2.45. The lowest BCUT2D eigenvalue weighted by Gasteiger charge is -2.33. The third kappa shape index (κ3) is 4.36. The normalized spacial score (nSPS) is 16.5. The summed E-state index contributed by atoms with van der Waals surface area (Å²) < 4.78 is 5.99. The van der Waals surface area contributed by atoms with Gasteiger partial charge in [-0.25, -0.2) is 4.98 Å². The molecule has 0 saturated heterocycles. The van der Waals surface area contributed by atoms with Crippen molar-refractivity contribution >= 4 is 50.7 Å². The van der Waals surface area contributed by atoms with E-state index in [0.29, 0.717) is 27.5 Å². The second-order valence-corrected chi connectivity index (χ2v) is 11.0. The monoisotopic (exact) mass is 460 g/mol. The Morgan fingerprint density at radius 2 is 2.00 bits per heavy atom. The van der Waals surface area contributed by atoms with Gasteiger partial charge in [0.2, 0.25) is 5.88 Å².